The third-order valence-corrected chi connectivity index (χ3v) is 4.37. The summed E-state index contributed by atoms with van der Waals surface area (Å²) in [5.41, 5.74) is 1.19. The first-order valence-electron chi connectivity index (χ1n) is 6.34. The fourth-order valence-electron chi connectivity index (χ4n) is 2.32. The second-order valence-corrected chi connectivity index (χ2v) is 6.48. The van der Waals surface area contributed by atoms with Crippen molar-refractivity contribution < 1.29 is 4.39 Å². The Hall–Kier alpha value is -0.410. The molecule has 0 unspecified atom stereocenters. The Balaban J connectivity index is 1.66. The minimum Gasteiger partial charge on any atom is -0.313 e. The van der Waals surface area contributed by atoms with Crippen molar-refractivity contribution in [3.63, 3.8) is 0 Å². The van der Waals surface area contributed by atoms with E-state index in [1.807, 2.05) is 6.07 Å². The van der Waals surface area contributed by atoms with Crippen LogP contribution in [0.15, 0.2) is 22.7 Å². The Morgan fingerprint density at radius 3 is 2.76 bits per heavy atom. The first-order chi connectivity index (χ1) is 8.17. The van der Waals surface area contributed by atoms with Crippen molar-refractivity contribution in [1.29, 1.82) is 0 Å². The van der Waals surface area contributed by atoms with Gasteiger partial charge in [0.2, 0.25) is 0 Å². The molecule has 2 aliphatic rings. The molecule has 0 aromatic heterocycles. The van der Waals surface area contributed by atoms with E-state index in [0.717, 1.165) is 29.0 Å². The van der Waals surface area contributed by atoms with Gasteiger partial charge in [-0.25, -0.2) is 4.39 Å². The van der Waals surface area contributed by atoms with E-state index >= 15 is 0 Å². The van der Waals surface area contributed by atoms with Crippen molar-refractivity contribution in [1.82, 2.24) is 5.32 Å². The van der Waals surface area contributed by atoms with E-state index in [2.05, 4.69) is 21.2 Å². The topological polar surface area (TPSA) is 12.0 Å². The molecular weight excluding hydrogens is 281 g/mol. The van der Waals surface area contributed by atoms with Gasteiger partial charge in [0.25, 0.3) is 0 Å². The molecule has 0 heterocycles. The molecule has 1 aromatic carbocycles. The minimum atomic E-state index is -0.0640. The normalized spacial score (nSPS) is 21.5. The molecule has 2 aliphatic carbocycles. The van der Waals surface area contributed by atoms with Crippen molar-refractivity contribution in [3.05, 3.63) is 34.1 Å². The molecule has 0 bridgehead atoms. The molecule has 3 heteroatoms. The standard InChI is InChI=1S/C14H17BrFN/c15-11-1-4-13(16)10(7-11)8-14(5-6-14)9-17-12-2-3-12/h1,4,7,12,17H,2-3,5-6,8-9H2. The number of rotatable bonds is 5. The molecule has 2 fully saturated rings. The molecule has 1 aromatic rings. The van der Waals surface area contributed by atoms with Gasteiger partial charge in [0.15, 0.2) is 0 Å². The van der Waals surface area contributed by atoms with E-state index in [1.54, 1.807) is 12.1 Å². The minimum absolute atomic E-state index is 0.0640. The maximum atomic E-state index is 13.7. The summed E-state index contributed by atoms with van der Waals surface area (Å²) in [5, 5.41) is 3.58. The summed E-state index contributed by atoms with van der Waals surface area (Å²) < 4.78 is 14.7. The van der Waals surface area contributed by atoms with Crippen LogP contribution < -0.4 is 5.32 Å². The molecule has 1 N–H and O–H groups in total. The molecule has 17 heavy (non-hydrogen) atoms. The van der Waals surface area contributed by atoms with Crippen LogP contribution in [0.2, 0.25) is 0 Å². The number of hydrogen-bond donors (Lipinski definition) is 1. The maximum Gasteiger partial charge on any atom is 0.126 e. The average molecular weight is 298 g/mol. The summed E-state index contributed by atoms with van der Waals surface area (Å²) in [6, 6.07) is 6.00. The van der Waals surface area contributed by atoms with Gasteiger partial charge in [-0.2, -0.15) is 0 Å². The predicted molar refractivity (Wildman–Crippen MR) is 70.5 cm³/mol. The molecule has 0 saturated heterocycles. The first kappa shape index (κ1) is 11.7. The highest BCUT2D eigenvalue weighted by atomic mass is 79.9. The molecular formula is C14H17BrFN. The van der Waals surface area contributed by atoms with E-state index < -0.39 is 0 Å². The van der Waals surface area contributed by atoms with Crippen LogP contribution in [-0.4, -0.2) is 12.6 Å². The van der Waals surface area contributed by atoms with Crippen molar-refractivity contribution in [2.75, 3.05) is 6.54 Å². The highest BCUT2D eigenvalue weighted by Gasteiger charge is 2.43. The van der Waals surface area contributed by atoms with Crippen LogP contribution in [0.3, 0.4) is 0 Å². The van der Waals surface area contributed by atoms with Gasteiger partial charge in [-0.05, 0) is 61.3 Å². The van der Waals surface area contributed by atoms with Crippen LogP contribution in [0, 0.1) is 11.2 Å². The summed E-state index contributed by atoms with van der Waals surface area (Å²) in [6.07, 6.45) is 5.98. The van der Waals surface area contributed by atoms with Gasteiger partial charge in [-0.15, -0.1) is 0 Å². The Labute approximate surface area is 110 Å². The molecule has 3 rings (SSSR count). The summed E-state index contributed by atoms with van der Waals surface area (Å²) >= 11 is 3.41. The zero-order valence-electron chi connectivity index (χ0n) is 9.81. The van der Waals surface area contributed by atoms with Crippen LogP contribution in [0.5, 0.6) is 0 Å². The Morgan fingerprint density at radius 2 is 2.12 bits per heavy atom. The zero-order valence-corrected chi connectivity index (χ0v) is 11.4. The van der Waals surface area contributed by atoms with Gasteiger partial charge < -0.3 is 5.32 Å². The predicted octanol–water partition coefficient (Wildman–Crippen LogP) is 3.66. The lowest BCUT2D eigenvalue weighted by atomic mass is 9.96. The lowest BCUT2D eigenvalue weighted by molar-refractivity contribution is 0.444. The lowest BCUT2D eigenvalue weighted by Gasteiger charge is -2.16. The lowest BCUT2D eigenvalue weighted by Crippen LogP contribution is -2.27. The molecule has 2 saturated carbocycles. The summed E-state index contributed by atoms with van der Waals surface area (Å²) in [7, 11) is 0. The second-order valence-electron chi connectivity index (χ2n) is 5.57. The zero-order chi connectivity index (χ0) is 11.9. The van der Waals surface area contributed by atoms with Gasteiger partial charge >= 0.3 is 0 Å². The van der Waals surface area contributed by atoms with Crippen molar-refractivity contribution in [2.24, 2.45) is 5.41 Å². The van der Waals surface area contributed by atoms with Gasteiger partial charge in [0, 0.05) is 17.1 Å². The molecule has 0 amide bonds. The Kier molecular flexibility index (Phi) is 2.99. The van der Waals surface area contributed by atoms with Crippen LogP contribution in [0.1, 0.15) is 31.2 Å². The van der Waals surface area contributed by atoms with Crippen molar-refractivity contribution in [2.45, 2.75) is 38.1 Å². The maximum absolute atomic E-state index is 13.7. The third-order valence-electron chi connectivity index (χ3n) is 3.87. The van der Waals surface area contributed by atoms with E-state index in [0.29, 0.717) is 5.41 Å². The monoisotopic (exact) mass is 297 g/mol. The summed E-state index contributed by atoms with van der Waals surface area (Å²) in [4.78, 5) is 0. The van der Waals surface area contributed by atoms with Gasteiger partial charge in [0.05, 0.1) is 0 Å². The molecule has 92 valence electrons. The molecule has 0 spiro atoms. The number of halogens is 2. The third kappa shape index (κ3) is 2.89. The van der Waals surface area contributed by atoms with E-state index in [4.69, 9.17) is 0 Å². The highest BCUT2D eigenvalue weighted by molar-refractivity contribution is 9.10. The average Bonchev–Trinajstić information content (AvgIpc) is 3.16. The van der Waals surface area contributed by atoms with E-state index in [1.165, 1.54) is 25.7 Å². The summed E-state index contributed by atoms with van der Waals surface area (Å²) in [6.45, 7) is 1.06. The van der Waals surface area contributed by atoms with Crippen LogP contribution >= 0.6 is 15.9 Å². The number of benzene rings is 1. The second kappa shape index (κ2) is 4.36. The van der Waals surface area contributed by atoms with Gasteiger partial charge in [0.1, 0.15) is 5.82 Å². The smallest absolute Gasteiger partial charge is 0.126 e. The highest BCUT2D eigenvalue weighted by Crippen LogP contribution is 2.48. The van der Waals surface area contributed by atoms with E-state index in [9.17, 15) is 4.39 Å². The quantitative estimate of drug-likeness (QED) is 0.874. The van der Waals surface area contributed by atoms with Crippen molar-refractivity contribution >= 4 is 15.9 Å². The largest absolute Gasteiger partial charge is 0.313 e. The molecule has 0 radical (unpaired) electrons. The molecule has 1 nitrogen and oxygen atoms in total. The van der Waals surface area contributed by atoms with E-state index in [-0.39, 0.29) is 5.82 Å². The Bertz CT molecular complexity index is 424. The fourth-order valence-corrected chi connectivity index (χ4v) is 2.73. The molecule has 0 atom stereocenters. The first-order valence-corrected chi connectivity index (χ1v) is 7.14. The number of hydrogen-bond acceptors (Lipinski definition) is 1. The van der Waals surface area contributed by atoms with Gasteiger partial charge in [-0.1, -0.05) is 15.9 Å². The SMILES string of the molecule is Fc1ccc(Br)cc1CC1(CNC2CC2)CC1. The fraction of sp³-hybridized carbons (Fsp3) is 0.571. The van der Waals surface area contributed by atoms with Crippen LogP contribution in [0.25, 0.3) is 0 Å². The summed E-state index contributed by atoms with van der Waals surface area (Å²) in [5.74, 6) is -0.0640. The van der Waals surface area contributed by atoms with Crippen molar-refractivity contribution in [3.8, 4) is 0 Å². The number of nitrogens with one attached hydrogen (secondary N) is 1. The molecule has 0 aliphatic heterocycles. The van der Waals surface area contributed by atoms with Crippen LogP contribution in [-0.2, 0) is 6.42 Å². The van der Waals surface area contributed by atoms with Gasteiger partial charge in [-0.3, -0.25) is 0 Å². The Morgan fingerprint density at radius 1 is 1.35 bits per heavy atom. The van der Waals surface area contributed by atoms with Crippen LogP contribution in [0.4, 0.5) is 4.39 Å².